The van der Waals surface area contributed by atoms with Gasteiger partial charge in [0.1, 0.15) is 11.3 Å². The summed E-state index contributed by atoms with van der Waals surface area (Å²) in [7, 11) is 0. The van der Waals surface area contributed by atoms with E-state index in [0.717, 1.165) is 28.9 Å². The van der Waals surface area contributed by atoms with Crippen molar-refractivity contribution < 1.29 is 4.42 Å². The Morgan fingerprint density at radius 3 is 2.09 bits per heavy atom. The minimum absolute atomic E-state index is 0.398. The Balaban J connectivity index is 0.000000192. The van der Waals surface area contributed by atoms with E-state index in [0.29, 0.717) is 11.8 Å². The van der Waals surface area contributed by atoms with E-state index in [-0.39, 0.29) is 0 Å². The maximum absolute atomic E-state index is 5.67. The molecule has 0 bridgehead atoms. The average molecular weight is 881 g/mol. The molecule has 67 heavy (non-hydrogen) atoms. The monoisotopic (exact) mass is 881 g/mol. The molecule has 2 atom stereocenters. The molecule has 2 unspecified atom stereocenters. The van der Waals surface area contributed by atoms with Crippen LogP contribution in [0.5, 0.6) is 0 Å². The molecule has 1 heterocycles. The van der Waals surface area contributed by atoms with Crippen molar-refractivity contribution >= 4 is 22.6 Å². The molecule has 6 aromatic rings. The molecule has 1 heteroatoms. The number of aryl methyl sites for hydroxylation is 5. The van der Waals surface area contributed by atoms with Crippen molar-refractivity contribution in [3.8, 4) is 22.3 Å². The van der Waals surface area contributed by atoms with Crippen LogP contribution in [0.1, 0.15) is 98.6 Å². The highest BCUT2D eigenvalue weighted by Crippen LogP contribution is 2.37. The van der Waals surface area contributed by atoms with Gasteiger partial charge in [0.25, 0.3) is 0 Å². The van der Waals surface area contributed by atoms with Gasteiger partial charge in [-0.25, -0.2) is 0 Å². The summed E-state index contributed by atoms with van der Waals surface area (Å²) in [6, 6.07) is 39.2. The third-order valence-corrected chi connectivity index (χ3v) is 12.4. The molecule has 1 nitrogen and oxygen atoms in total. The van der Waals surface area contributed by atoms with E-state index in [1.54, 1.807) is 6.08 Å². The van der Waals surface area contributed by atoms with Gasteiger partial charge in [-0.05, 0) is 158 Å². The lowest BCUT2D eigenvalue weighted by Crippen LogP contribution is -2.05. The lowest BCUT2D eigenvalue weighted by molar-refractivity contribution is 0.577. The molecule has 342 valence electrons. The number of rotatable bonds is 9. The number of furan rings is 1. The lowest BCUT2D eigenvalue weighted by atomic mass is 9.81. The van der Waals surface area contributed by atoms with Gasteiger partial charge >= 0.3 is 0 Å². The topological polar surface area (TPSA) is 13.1 Å². The van der Waals surface area contributed by atoms with Crippen molar-refractivity contribution in [1.29, 1.82) is 0 Å². The zero-order valence-corrected chi connectivity index (χ0v) is 42.1. The molecule has 0 N–H and O–H groups in total. The Bertz CT molecular complexity index is 2900. The van der Waals surface area contributed by atoms with Crippen LogP contribution in [0.15, 0.2) is 222 Å². The molecule has 0 saturated carbocycles. The molecular formula is C66H72O. The fourth-order valence-electron chi connectivity index (χ4n) is 8.39. The summed E-state index contributed by atoms with van der Waals surface area (Å²) in [5.41, 5.74) is 21.6. The largest absolute Gasteiger partial charge is 0.461 e. The number of allylic oxidation sites excluding steroid dienone is 17. The van der Waals surface area contributed by atoms with Crippen LogP contribution in [0.25, 0.3) is 44.9 Å². The smallest absolute Gasteiger partial charge is 0.134 e. The molecule has 0 aliphatic heterocycles. The summed E-state index contributed by atoms with van der Waals surface area (Å²) in [4.78, 5) is 0. The highest BCUT2D eigenvalue weighted by molar-refractivity contribution is 5.89. The van der Waals surface area contributed by atoms with Gasteiger partial charge in [0.15, 0.2) is 0 Å². The second-order valence-electron chi connectivity index (χ2n) is 17.4. The Hall–Kier alpha value is -6.96. The second-order valence-corrected chi connectivity index (χ2v) is 17.4. The van der Waals surface area contributed by atoms with E-state index in [1.165, 1.54) is 83.3 Å². The molecule has 0 spiro atoms. The quantitative estimate of drug-likeness (QED) is 0.132. The van der Waals surface area contributed by atoms with Gasteiger partial charge in [-0.15, -0.1) is 0 Å². The van der Waals surface area contributed by atoms with Gasteiger partial charge in [-0.1, -0.05) is 215 Å². The third kappa shape index (κ3) is 13.8. The molecule has 0 radical (unpaired) electrons. The van der Waals surface area contributed by atoms with Crippen molar-refractivity contribution in [2.75, 3.05) is 0 Å². The Labute approximate surface area is 404 Å². The Morgan fingerprint density at radius 2 is 1.37 bits per heavy atom. The van der Waals surface area contributed by atoms with Crippen LogP contribution in [0.2, 0.25) is 0 Å². The van der Waals surface area contributed by atoms with Gasteiger partial charge < -0.3 is 4.42 Å². The van der Waals surface area contributed by atoms with Crippen LogP contribution < -0.4 is 0 Å². The minimum atomic E-state index is 0.398. The first-order valence-electron chi connectivity index (χ1n) is 23.9. The molecule has 2 aliphatic rings. The van der Waals surface area contributed by atoms with E-state index >= 15 is 0 Å². The minimum Gasteiger partial charge on any atom is -0.461 e. The van der Waals surface area contributed by atoms with E-state index in [1.807, 2.05) is 58.1 Å². The third-order valence-electron chi connectivity index (χ3n) is 12.4. The zero-order chi connectivity index (χ0) is 48.5. The van der Waals surface area contributed by atoms with E-state index in [4.69, 9.17) is 4.42 Å². The summed E-state index contributed by atoms with van der Waals surface area (Å²) in [6.45, 7) is 31.3. The first-order valence-corrected chi connectivity index (χ1v) is 23.9. The summed E-state index contributed by atoms with van der Waals surface area (Å²) in [6.07, 6.45) is 28.6. The summed E-state index contributed by atoms with van der Waals surface area (Å²) in [5, 5.41) is 1.17. The molecule has 1 aromatic heterocycles. The van der Waals surface area contributed by atoms with Crippen molar-refractivity contribution in [2.45, 2.75) is 88.5 Å². The SMILES string of the molecule is C=C(/C=C\C=C/C)C1=C(C)C=CC(c2ccc(-c3ccccc3C)c(C)c2)C1.C=C/C=C\c1c(C)oc2ccc(C)cc12.CC.CC1=CC=C(c2cc(C)cc(-c3ccccc3)c2)C=CC1C. The predicted molar refractivity (Wildman–Crippen MR) is 297 cm³/mol. The second kappa shape index (κ2) is 25.1. The van der Waals surface area contributed by atoms with Crippen LogP contribution in [0.3, 0.4) is 0 Å². The first kappa shape index (κ1) is 51.0. The highest BCUT2D eigenvalue weighted by atomic mass is 16.3. The highest BCUT2D eigenvalue weighted by Gasteiger charge is 2.19. The summed E-state index contributed by atoms with van der Waals surface area (Å²) >= 11 is 0. The van der Waals surface area contributed by atoms with E-state index in [9.17, 15) is 0 Å². The van der Waals surface area contributed by atoms with Crippen LogP contribution >= 0.6 is 0 Å². The number of hydrogen-bond acceptors (Lipinski definition) is 1. The normalized spacial score (nSPS) is 15.6. The van der Waals surface area contributed by atoms with Crippen molar-refractivity contribution in [2.24, 2.45) is 5.92 Å². The standard InChI is InChI=1S/C28H30.C22H22.C14H14O.C2H6/c1-6-7-8-11-21(3)28-19-25(15-14-22(28)4)24-16-17-27(23(5)18-24)26-13-10-9-12-20(26)2;1-16-13-21(19-7-5-4-6-8-19)15-22(14-16)20-11-9-17(2)18(3)10-12-20;1-4-5-6-12-11(3)15-14-8-7-10(2)9-13(12)14;1-2/h6-18,25H,3,19H2,1-2,4-5H3;4-15,17H,1-3H3;4-9H,1H2,2-3H3;1-2H3/b7-6-,11-8-;;6-5-;. The fraction of sp³-hybridized carbons (Fsp3) is 0.212. The Kier molecular flexibility index (Phi) is 19.1. The van der Waals surface area contributed by atoms with Crippen LogP contribution in [0, 0.1) is 40.5 Å². The molecule has 0 amide bonds. The maximum atomic E-state index is 5.67. The van der Waals surface area contributed by atoms with Crippen molar-refractivity contribution in [3.05, 3.63) is 262 Å². The first-order chi connectivity index (χ1) is 32.4. The number of fused-ring (bicyclic) bond motifs is 1. The van der Waals surface area contributed by atoms with E-state index < -0.39 is 0 Å². The predicted octanol–water partition coefficient (Wildman–Crippen LogP) is 19.5. The van der Waals surface area contributed by atoms with Crippen molar-refractivity contribution in [3.63, 3.8) is 0 Å². The molecular weight excluding hydrogens is 809 g/mol. The van der Waals surface area contributed by atoms with Crippen LogP contribution in [0.4, 0.5) is 0 Å². The van der Waals surface area contributed by atoms with Gasteiger partial charge in [0.2, 0.25) is 0 Å². The maximum Gasteiger partial charge on any atom is 0.134 e. The van der Waals surface area contributed by atoms with Gasteiger partial charge in [0.05, 0.1) is 0 Å². The fourth-order valence-corrected chi connectivity index (χ4v) is 8.39. The van der Waals surface area contributed by atoms with E-state index in [2.05, 4.69) is 213 Å². The van der Waals surface area contributed by atoms with Crippen molar-refractivity contribution in [1.82, 2.24) is 0 Å². The summed E-state index contributed by atoms with van der Waals surface area (Å²) in [5.74, 6) is 1.86. The molecule has 5 aromatic carbocycles. The van der Waals surface area contributed by atoms with Crippen LogP contribution in [-0.2, 0) is 0 Å². The molecule has 0 fully saturated rings. The number of benzene rings is 5. The van der Waals surface area contributed by atoms with Crippen LogP contribution in [-0.4, -0.2) is 0 Å². The Morgan fingerprint density at radius 1 is 0.657 bits per heavy atom. The van der Waals surface area contributed by atoms with Gasteiger partial charge in [0, 0.05) is 16.9 Å². The molecule has 2 aliphatic carbocycles. The van der Waals surface area contributed by atoms with Gasteiger partial charge in [-0.3, -0.25) is 0 Å². The summed E-state index contributed by atoms with van der Waals surface area (Å²) < 4.78 is 5.67. The molecule has 8 rings (SSSR count). The zero-order valence-electron chi connectivity index (χ0n) is 42.1. The lowest BCUT2D eigenvalue weighted by Gasteiger charge is -2.23. The van der Waals surface area contributed by atoms with Gasteiger partial charge in [-0.2, -0.15) is 0 Å². The average Bonchev–Trinajstić information content (AvgIpc) is 3.54. The number of hydrogen-bond donors (Lipinski definition) is 0. The molecule has 0 saturated heterocycles.